The largest absolute Gasteiger partial charge is 0.383 e. The van der Waals surface area contributed by atoms with Crippen molar-refractivity contribution in [1.82, 2.24) is 10.2 Å². The monoisotopic (exact) mass is 282 g/mol. The number of likely N-dealkylation sites (tertiary alicyclic amines) is 1. The zero-order chi connectivity index (χ0) is 14.5. The van der Waals surface area contributed by atoms with Crippen LogP contribution in [0.5, 0.6) is 0 Å². The third-order valence-electron chi connectivity index (χ3n) is 4.43. The second kappa shape index (κ2) is 7.07. The average molecular weight is 282 g/mol. The smallest absolute Gasteiger partial charge is 0.226 e. The van der Waals surface area contributed by atoms with Crippen LogP contribution in [-0.2, 0) is 14.3 Å². The number of ether oxygens (including phenoxy) is 1. The maximum atomic E-state index is 12.5. The quantitative estimate of drug-likeness (QED) is 0.744. The lowest BCUT2D eigenvalue weighted by Gasteiger charge is -2.35. The molecule has 20 heavy (non-hydrogen) atoms. The molecule has 1 aliphatic carbocycles. The molecule has 0 radical (unpaired) electrons. The lowest BCUT2D eigenvalue weighted by atomic mass is 9.99. The molecule has 3 unspecified atom stereocenters. The minimum absolute atomic E-state index is 0.00505. The molecule has 1 heterocycles. The molecule has 5 nitrogen and oxygen atoms in total. The summed E-state index contributed by atoms with van der Waals surface area (Å²) < 4.78 is 4.90. The standard InChI is InChI=1S/C15H26N2O3/c1-3-11-6-4-5-8-17(11)15(19)13-10-12(13)14(18)16-7-9-20-2/h11-13H,3-10H2,1-2H3,(H,16,18). The van der Waals surface area contributed by atoms with Crippen LogP contribution in [0.2, 0.25) is 0 Å². The molecule has 2 aliphatic rings. The van der Waals surface area contributed by atoms with E-state index >= 15 is 0 Å². The Balaban J connectivity index is 1.81. The van der Waals surface area contributed by atoms with Gasteiger partial charge in [0.2, 0.25) is 11.8 Å². The van der Waals surface area contributed by atoms with Crippen molar-refractivity contribution in [2.45, 2.75) is 45.1 Å². The van der Waals surface area contributed by atoms with Gasteiger partial charge in [-0.25, -0.2) is 0 Å². The summed E-state index contributed by atoms with van der Waals surface area (Å²) in [5, 5.41) is 2.82. The zero-order valence-corrected chi connectivity index (χ0v) is 12.6. The topological polar surface area (TPSA) is 58.6 Å². The van der Waals surface area contributed by atoms with Crippen molar-refractivity contribution in [3.63, 3.8) is 0 Å². The molecule has 0 bridgehead atoms. The number of methoxy groups -OCH3 is 1. The Morgan fingerprint density at radius 3 is 2.80 bits per heavy atom. The van der Waals surface area contributed by atoms with Crippen LogP contribution in [0.4, 0.5) is 0 Å². The predicted molar refractivity (Wildman–Crippen MR) is 76.1 cm³/mol. The molecule has 1 saturated carbocycles. The maximum Gasteiger partial charge on any atom is 0.226 e. The first kappa shape index (κ1) is 15.3. The first-order chi connectivity index (χ1) is 9.69. The Hall–Kier alpha value is -1.10. The Labute approximate surface area is 121 Å². The predicted octanol–water partition coefficient (Wildman–Crippen LogP) is 1.18. The second-order valence-corrected chi connectivity index (χ2v) is 5.82. The third-order valence-corrected chi connectivity index (χ3v) is 4.43. The molecule has 3 atom stereocenters. The van der Waals surface area contributed by atoms with Crippen LogP contribution in [0, 0.1) is 11.8 Å². The Morgan fingerprint density at radius 2 is 2.10 bits per heavy atom. The van der Waals surface area contributed by atoms with Crippen LogP contribution in [0.3, 0.4) is 0 Å². The van der Waals surface area contributed by atoms with Gasteiger partial charge in [-0.05, 0) is 32.1 Å². The van der Waals surface area contributed by atoms with Gasteiger partial charge in [0, 0.05) is 26.2 Å². The molecular formula is C15H26N2O3. The van der Waals surface area contributed by atoms with Crippen molar-refractivity contribution in [2.75, 3.05) is 26.8 Å². The van der Waals surface area contributed by atoms with E-state index in [4.69, 9.17) is 4.74 Å². The lowest BCUT2D eigenvalue weighted by Crippen LogP contribution is -2.44. The molecule has 2 rings (SSSR count). The number of amides is 2. The van der Waals surface area contributed by atoms with Gasteiger partial charge in [0.1, 0.15) is 0 Å². The number of hydrogen-bond donors (Lipinski definition) is 1. The van der Waals surface area contributed by atoms with Crippen LogP contribution in [0.1, 0.15) is 39.0 Å². The number of nitrogens with one attached hydrogen (secondary N) is 1. The second-order valence-electron chi connectivity index (χ2n) is 5.82. The van der Waals surface area contributed by atoms with Crippen molar-refractivity contribution in [1.29, 1.82) is 0 Å². The number of hydrogen-bond acceptors (Lipinski definition) is 3. The van der Waals surface area contributed by atoms with Crippen molar-refractivity contribution in [3.8, 4) is 0 Å². The average Bonchev–Trinajstić information content (AvgIpc) is 3.27. The summed E-state index contributed by atoms with van der Waals surface area (Å²) in [4.78, 5) is 26.4. The van der Waals surface area contributed by atoms with Gasteiger partial charge in [-0.15, -0.1) is 0 Å². The van der Waals surface area contributed by atoms with Crippen LogP contribution in [0.25, 0.3) is 0 Å². The molecule has 1 saturated heterocycles. The summed E-state index contributed by atoms with van der Waals surface area (Å²) in [6.07, 6.45) is 5.15. The summed E-state index contributed by atoms with van der Waals surface area (Å²) in [7, 11) is 1.61. The Morgan fingerprint density at radius 1 is 1.30 bits per heavy atom. The van der Waals surface area contributed by atoms with Gasteiger partial charge >= 0.3 is 0 Å². The van der Waals surface area contributed by atoms with E-state index in [1.165, 1.54) is 6.42 Å². The van der Waals surface area contributed by atoms with E-state index in [1.807, 2.05) is 4.90 Å². The maximum absolute atomic E-state index is 12.5. The van der Waals surface area contributed by atoms with Gasteiger partial charge in [-0.1, -0.05) is 6.92 Å². The molecule has 2 fully saturated rings. The zero-order valence-electron chi connectivity index (χ0n) is 12.6. The van der Waals surface area contributed by atoms with Crippen molar-refractivity contribution >= 4 is 11.8 Å². The minimum Gasteiger partial charge on any atom is -0.383 e. The molecule has 0 aromatic carbocycles. The number of carbonyl (C=O) groups is 2. The van der Waals surface area contributed by atoms with Gasteiger partial charge in [0.25, 0.3) is 0 Å². The molecule has 0 aromatic rings. The molecular weight excluding hydrogens is 256 g/mol. The molecule has 114 valence electrons. The number of carbonyl (C=O) groups excluding carboxylic acids is 2. The first-order valence-corrected chi connectivity index (χ1v) is 7.76. The third kappa shape index (κ3) is 3.51. The highest BCUT2D eigenvalue weighted by molar-refractivity contribution is 5.92. The van der Waals surface area contributed by atoms with Crippen molar-refractivity contribution < 1.29 is 14.3 Å². The number of rotatable bonds is 6. The van der Waals surface area contributed by atoms with E-state index in [0.29, 0.717) is 25.6 Å². The summed E-state index contributed by atoms with van der Waals surface area (Å²) >= 11 is 0. The van der Waals surface area contributed by atoms with Gasteiger partial charge in [-0.2, -0.15) is 0 Å². The van der Waals surface area contributed by atoms with Gasteiger partial charge in [-0.3, -0.25) is 9.59 Å². The molecule has 0 aromatic heterocycles. The van der Waals surface area contributed by atoms with E-state index in [-0.39, 0.29) is 23.7 Å². The van der Waals surface area contributed by atoms with Crippen LogP contribution in [-0.4, -0.2) is 49.6 Å². The van der Waals surface area contributed by atoms with Gasteiger partial charge in [0.05, 0.1) is 18.4 Å². The fourth-order valence-electron chi connectivity index (χ4n) is 3.09. The van der Waals surface area contributed by atoms with Gasteiger partial charge < -0.3 is 15.0 Å². The fraction of sp³-hybridized carbons (Fsp3) is 0.867. The lowest BCUT2D eigenvalue weighted by molar-refractivity contribution is -0.138. The van der Waals surface area contributed by atoms with Crippen molar-refractivity contribution in [3.05, 3.63) is 0 Å². The first-order valence-electron chi connectivity index (χ1n) is 7.76. The van der Waals surface area contributed by atoms with E-state index < -0.39 is 0 Å². The highest BCUT2D eigenvalue weighted by atomic mass is 16.5. The Bertz CT molecular complexity index is 359. The molecule has 1 N–H and O–H groups in total. The summed E-state index contributed by atoms with van der Waals surface area (Å²) in [6, 6.07) is 0.383. The number of piperidine rings is 1. The van der Waals surface area contributed by atoms with Crippen LogP contribution < -0.4 is 5.32 Å². The van der Waals surface area contributed by atoms with Crippen molar-refractivity contribution in [2.24, 2.45) is 11.8 Å². The number of nitrogens with zero attached hydrogens (tertiary/aromatic N) is 1. The Kier molecular flexibility index (Phi) is 5.40. The van der Waals surface area contributed by atoms with E-state index in [2.05, 4.69) is 12.2 Å². The van der Waals surface area contributed by atoms with E-state index in [0.717, 1.165) is 25.8 Å². The highest BCUT2D eigenvalue weighted by Gasteiger charge is 2.50. The minimum atomic E-state index is -0.112. The summed E-state index contributed by atoms with van der Waals surface area (Å²) in [5.41, 5.74) is 0. The molecule has 2 amide bonds. The SMILES string of the molecule is CCC1CCCCN1C(=O)C1CC1C(=O)NCCOC. The van der Waals surface area contributed by atoms with E-state index in [1.54, 1.807) is 7.11 Å². The molecule has 5 heteroatoms. The fourth-order valence-corrected chi connectivity index (χ4v) is 3.09. The summed E-state index contributed by atoms with van der Waals surface area (Å²) in [5.74, 6) is 0.0115. The molecule has 0 spiro atoms. The van der Waals surface area contributed by atoms with E-state index in [9.17, 15) is 9.59 Å². The normalized spacial score (nSPS) is 29.1. The van der Waals surface area contributed by atoms with Crippen LogP contribution in [0.15, 0.2) is 0 Å². The highest BCUT2D eigenvalue weighted by Crippen LogP contribution is 2.41. The van der Waals surface area contributed by atoms with Crippen LogP contribution >= 0.6 is 0 Å². The summed E-state index contributed by atoms with van der Waals surface area (Å²) in [6.45, 7) is 4.04. The molecule has 1 aliphatic heterocycles. The van der Waals surface area contributed by atoms with Gasteiger partial charge in [0.15, 0.2) is 0 Å².